The molecular formula is C14H12N6O3. The van der Waals surface area contributed by atoms with E-state index in [2.05, 4.69) is 30.6 Å². The monoisotopic (exact) mass is 312 g/mol. The Labute approximate surface area is 131 Å². The van der Waals surface area contributed by atoms with Gasteiger partial charge in [-0.25, -0.2) is 9.89 Å². The van der Waals surface area contributed by atoms with Gasteiger partial charge in [-0.1, -0.05) is 12.1 Å². The third-order valence-electron chi connectivity index (χ3n) is 2.71. The average molecular weight is 312 g/mol. The van der Waals surface area contributed by atoms with Crippen LogP contribution in [0, 0.1) is 11.3 Å². The van der Waals surface area contributed by atoms with Gasteiger partial charge >= 0.3 is 5.97 Å². The zero-order valence-electron chi connectivity index (χ0n) is 12.0. The highest BCUT2D eigenvalue weighted by Crippen LogP contribution is 2.16. The van der Waals surface area contributed by atoms with Crippen LogP contribution >= 0.6 is 0 Å². The fourth-order valence-electron chi connectivity index (χ4n) is 1.63. The highest BCUT2D eigenvalue weighted by Gasteiger charge is 2.15. The first-order chi connectivity index (χ1) is 11.2. The summed E-state index contributed by atoms with van der Waals surface area (Å²) >= 11 is 0. The lowest BCUT2D eigenvalue weighted by molar-refractivity contribution is -0.112. The fourth-order valence-corrected chi connectivity index (χ4v) is 1.63. The van der Waals surface area contributed by atoms with Gasteiger partial charge in [-0.3, -0.25) is 4.79 Å². The molecule has 1 aromatic carbocycles. The van der Waals surface area contributed by atoms with Crippen molar-refractivity contribution >= 4 is 23.5 Å². The van der Waals surface area contributed by atoms with Crippen molar-refractivity contribution in [3.05, 3.63) is 47.9 Å². The number of anilines is 2. The number of nitrogens with zero attached hydrogens (tertiary/aromatic N) is 3. The second kappa shape index (κ2) is 7.37. The zero-order valence-corrected chi connectivity index (χ0v) is 12.0. The smallest absolute Gasteiger partial charge is 0.339 e. The normalized spacial score (nSPS) is 10.5. The third kappa shape index (κ3) is 3.92. The second-order valence-electron chi connectivity index (χ2n) is 4.14. The summed E-state index contributed by atoms with van der Waals surface area (Å²) in [5.74, 6) is -1.00. The molecule has 0 unspecified atom stereocenters. The van der Waals surface area contributed by atoms with E-state index in [0.717, 1.165) is 0 Å². The molecular weight excluding hydrogens is 300 g/mol. The Morgan fingerprint density at radius 2 is 2.17 bits per heavy atom. The molecule has 0 atom stereocenters. The molecule has 0 spiro atoms. The highest BCUT2D eigenvalue weighted by molar-refractivity contribution is 6.09. The van der Waals surface area contributed by atoms with Crippen LogP contribution in [0.3, 0.4) is 0 Å². The molecule has 0 radical (unpaired) electrons. The fraction of sp³-hybridized carbons (Fsp3) is 0.0714. The molecule has 0 aliphatic heterocycles. The zero-order chi connectivity index (χ0) is 16.7. The van der Waals surface area contributed by atoms with Crippen LogP contribution in [-0.4, -0.2) is 34.2 Å². The molecule has 0 aliphatic rings. The number of carbonyl (C=O) groups is 2. The molecule has 0 bridgehead atoms. The van der Waals surface area contributed by atoms with Gasteiger partial charge in [-0.15, -0.1) is 0 Å². The highest BCUT2D eigenvalue weighted by atomic mass is 16.5. The average Bonchev–Trinajstić information content (AvgIpc) is 3.08. The summed E-state index contributed by atoms with van der Waals surface area (Å²) in [6.07, 6.45) is 2.45. The van der Waals surface area contributed by atoms with Gasteiger partial charge in [0.1, 0.15) is 18.0 Å². The molecule has 2 aromatic rings. The number of H-pyrrole nitrogens is 1. The van der Waals surface area contributed by atoms with E-state index in [1.54, 1.807) is 18.2 Å². The number of aromatic amines is 1. The Hall–Kier alpha value is -3.67. The topological polar surface area (TPSA) is 133 Å². The molecule has 0 saturated carbocycles. The number of nitrogens with one attached hydrogen (secondary N) is 3. The number of amides is 1. The van der Waals surface area contributed by atoms with Crippen LogP contribution in [-0.2, 0) is 9.53 Å². The minimum absolute atomic E-state index is 0.184. The number of para-hydroxylation sites is 1. The number of rotatable bonds is 5. The predicted molar refractivity (Wildman–Crippen MR) is 80.1 cm³/mol. The molecule has 1 heterocycles. The van der Waals surface area contributed by atoms with Crippen molar-refractivity contribution in [3.63, 3.8) is 0 Å². The van der Waals surface area contributed by atoms with Crippen LogP contribution < -0.4 is 10.6 Å². The van der Waals surface area contributed by atoms with Crippen molar-refractivity contribution in [3.8, 4) is 6.07 Å². The standard InChI is InChI=1S/C14H12N6O3/c1-23-13(22)10-4-2-3-5-11(10)19-12(21)9(6-15)7-16-14-17-8-18-20-14/h2-5,7-8H,1H3,(H,19,21)(H2,16,17,18,20)/b9-7-. The molecule has 9 heteroatoms. The maximum Gasteiger partial charge on any atom is 0.339 e. The van der Waals surface area contributed by atoms with Crippen LogP contribution in [0.2, 0.25) is 0 Å². The van der Waals surface area contributed by atoms with Crippen molar-refractivity contribution in [2.24, 2.45) is 0 Å². The molecule has 23 heavy (non-hydrogen) atoms. The van der Waals surface area contributed by atoms with Gasteiger partial charge in [0.05, 0.1) is 18.4 Å². The summed E-state index contributed by atoms with van der Waals surface area (Å²) in [5, 5.41) is 20.3. The van der Waals surface area contributed by atoms with Crippen LogP contribution in [0.4, 0.5) is 11.6 Å². The van der Waals surface area contributed by atoms with Crippen LogP contribution in [0.15, 0.2) is 42.4 Å². The maximum absolute atomic E-state index is 12.1. The summed E-state index contributed by atoms with van der Waals surface area (Å²) in [7, 11) is 1.24. The summed E-state index contributed by atoms with van der Waals surface area (Å²) in [6, 6.07) is 8.07. The van der Waals surface area contributed by atoms with Gasteiger partial charge in [0.2, 0.25) is 5.95 Å². The second-order valence-corrected chi connectivity index (χ2v) is 4.14. The van der Waals surface area contributed by atoms with Crippen LogP contribution in [0.1, 0.15) is 10.4 Å². The molecule has 9 nitrogen and oxygen atoms in total. The molecule has 116 valence electrons. The van der Waals surface area contributed by atoms with E-state index in [0.29, 0.717) is 0 Å². The first kappa shape index (κ1) is 15.7. The molecule has 0 aliphatic carbocycles. The van der Waals surface area contributed by atoms with E-state index in [4.69, 9.17) is 5.26 Å². The van der Waals surface area contributed by atoms with Crippen molar-refractivity contribution in [1.82, 2.24) is 15.2 Å². The number of carbonyl (C=O) groups excluding carboxylic acids is 2. The number of methoxy groups -OCH3 is 1. The number of aromatic nitrogens is 3. The van der Waals surface area contributed by atoms with Crippen molar-refractivity contribution < 1.29 is 14.3 Å². The van der Waals surface area contributed by atoms with Crippen LogP contribution in [0.25, 0.3) is 0 Å². The molecule has 2 rings (SSSR count). The Kier molecular flexibility index (Phi) is 5.04. The summed E-state index contributed by atoms with van der Waals surface area (Å²) in [5.41, 5.74) is 0.218. The first-order valence-electron chi connectivity index (χ1n) is 6.36. The number of esters is 1. The number of ether oxygens (including phenoxy) is 1. The molecule has 3 N–H and O–H groups in total. The van der Waals surface area contributed by atoms with Crippen LogP contribution in [0.5, 0.6) is 0 Å². The summed E-state index contributed by atoms with van der Waals surface area (Å²) in [4.78, 5) is 27.6. The maximum atomic E-state index is 12.1. The van der Waals surface area contributed by atoms with E-state index in [1.807, 2.05) is 0 Å². The largest absolute Gasteiger partial charge is 0.465 e. The number of nitriles is 1. The lowest BCUT2D eigenvalue weighted by atomic mass is 10.1. The summed E-state index contributed by atoms with van der Waals surface area (Å²) < 4.78 is 4.64. The molecule has 1 amide bonds. The number of hydrogen-bond donors (Lipinski definition) is 3. The van der Waals surface area contributed by atoms with E-state index in [1.165, 1.54) is 31.8 Å². The van der Waals surface area contributed by atoms with Crippen molar-refractivity contribution in [2.75, 3.05) is 17.7 Å². The Balaban J connectivity index is 2.16. The lowest BCUT2D eigenvalue weighted by Gasteiger charge is -2.09. The minimum Gasteiger partial charge on any atom is -0.465 e. The van der Waals surface area contributed by atoms with Gasteiger partial charge in [-0.05, 0) is 12.1 Å². The third-order valence-corrected chi connectivity index (χ3v) is 2.71. The Bertz CT molecular complexity index is 776. The van der Waals surface area contributed by atoms with E-state index < -0.39 is 11.9 Å². The minimum atomic E-state index is -0.684. The van der Waals surface area contributed by atoms with Gasteiger partial charge in [0.25, 0.3) is 5.91 Å². The van der Waals surface area contributed by atoms with Gasteiger partial charge in [-0.2, -0.15) is 15.3 Å². The summed E-state index contributed by atoms with van der Waals surface area (Å²) in [6.45, 7) is 0. The first-order valence-corrected chi connectivity index (χ1v) is 6.36. The molecule has 0 saturated heterocycles. The lowest BCUT2D eigenvalue weighted by Crippen LogP contribution is -2.17. The number of benzene rings is 1. The van der Waals surface area contributed by atoms with Crippen molar-refractivity contribution in [2.45, 2.75) is 0 Å². The van der Waals surface area contributed by atoms with E-state index in [9.17, 15) is 9.59 Å². The molecule has 1 aromatic heterocycles. The Morgan fingerprint density at radius 1 is 1.39 bits per heavy atom. The van der Waals surface area contributed by atoms with E-state index >= 15 is 0 Å². The SMILES string of the molecule is COC(=O)c1ccccc1NC(=O)/C(C#N)=C\Nc1ncn[nH]1. The Morgan fingerprint density at radius 3 is 2.83 bits per heavy atom. The predicted octanol–water partition coefficient (Wildman–Crippen LogP) is 1.05. The van der Waals surface area contributed by atoms with Crippen molar-refractivity contribution in [1.29, 1.82) is 5.26 Å². The van der Waals surface area contributed by atoms with E-state index in [-0.39, 0.29) is 22.8 Å². The molecule has 0 fully saturated rings. The number of hydrogen-bond acceptors (Lipinski definition) is 7. The van der Waals surface area contributed by atoms with Gasteiger partial charge < -0.3 is 15.4 Å². The van der Waals surface area contributed by atoms with Gasteiger partial charge in [0, 0.05) is 6.20 Å². The quantitative estimate of drug-likeness (QED) is 0.427. The van der Waals surface area contributed by atoms with Gasteiger partial charge in [0.15, 0.2) is 0 Å².